The molecule has 0 aliphatic heterocycles. The van der Waals surface area contributed by atoms with Crippen molar-refractivity contribution in [3.63, 3.8) is 0 Å². The number of nitrogens with one attached hydrogen (secondary N) is 1. The number of hydrogen-bond donors (Lipinski definition) is 1. The molecule has 1 atom stereocenters. The van der Waals surface area contributed by atoms with Gasteiger partial charge in [0.15, 0.2) is 5.78 Å². The summed E-state index contributed by atoms with van der Waals surface area (Å²) in [6, 6.07) is 8.98. The van der Waals surface area contributed by atoms with Crippen molar-refractivity contribution in [1.29, 1.82) is 0 Å². The summed E-state index contributed by atoms with van der Waals surface area (Å²) >= 11 is 0. The van der Waals surface area contributed by atoms with Gasteiger partial charge in [-0.05, 0) is 5.56 Å². The lowest BCUT2D eigenvalue weighted by Gasteiger charge is -2.25. The van der Waals surface area contributed by atoms with Crippen molar-refractivity contribution in [3.05, 3.63) is 35.9 Å². The lowest BCUT2D eigenvalue weighted by molar-refractivity contribution is -0.121. The van der Waals surface area contributed by atoms with Crippen molar-refractivity contribution < 1.29 is 18.4 Å². The molecule has 5 nitrogen and oxygen atoms in total. The second-order valence-electron chi connectivity index (χ2n) is 3.64. The molecule has 0 aliphatic carbocycles. The molecule has 0 fully saturated rings. The maximum Gasteiger partial charge on any atom is 0.356 e. The summed E-state index contributed by atoms with van der Waals surface area (Å²) in [4.78, 5) is 11.5. The van der Waals surface area contributed by atoms with E-state index in [-0.39, 0.29) is 5.91 Å². The molecule has 0 aromatic heterocycles. The molecule has 1 aromatic carbocycles. The van der Waals surface area contributed by atoms with Crippen LogP contribution in [0.4, 0.5) is 0 Å². The third-order valence-corrected chi connectivity index (χ3v) is 4.64. The van der Waals surface area contributed by atoms with Crippen molar-refractivity contribution in [1.82, 2.24) is 5.32 Å². The molecule has 1 amide bonds. The van der Waals surface area contributed by atoms with Gasteiger partial charge in [-0.25, -0.2) is 0 Å². The number of amides is 1. The fourth-order valence-corrected chi connectivity index (χ4v) is 2.93. The Morgan fingerprint density at radius 1 is 1.28 bits per heavy atom. The molecule has 0 heterocycles. The van der Waals surface area contributed by atoms with Crippen LogP contribution in [0.1, 0.15) is 24.7 Å². The number of hydrogen-bond acceptors (Lipinski definition) is 4. The zero-order chi connectivity index (χ0) is 13.6. The van der Waals surface area contributed by atoms with E-state index >= 15 is 0 Å². The molecule has 0 bridgehead atoms. The molecule has 0 saturated carbocycles. The summed E-state index contributed by atoms with van der Waals surface area (Å²) in [6.45, 7) is 1.72. The molecule has 0 spiro atoms. The van der Waals surface area contributed by atoms with E-state index in [9.17, 15) is 9.36 Å². The smallest absolute Gasteiger partial charge is 0.338 e. The first-order valence-electron chi connectivity index (χ1n) is 5.63. The van der Waals surface area contributed by atoms with E-state index in [0.717, 1.165) is 0 Å². The molecule has 1 rings (SSSR count). The van der Waals surface area contributed by atoms with Gasteiger partial charge < -0.3 is 14.4 Å². The summed E-state index contributed by atoms with van der Waals surface area (Å²) in [5, 5.41) is 2.67. The van der Waals surface area contributed by atoms with Crippen LogP contribution >= 0.6 is 7.60 Å². The largest absolute Gasteiger partial charge is 0.356 e. The highest BCUT2D eigenvalue weighted by molar-refractivity contribution is 7.54. The van der Waals surface area contributed by atoms with Gasteiger partial charge in [-0.1, -0.05) is 37.3 Å². The summed E-state index contributed by atoms with van der Waals surface area (Å²) in [7, 11) is -0.804. The Hall–Kier alpha value is -1.16. The third kappa shape index (κ3) is 3.42. The van der Waals surface area contributed by atoms with Crippen LogP contribution in [0.2, 0.25) is 0 Å². The van der Waals surface area contributed by atoms with Gasteiger partial charge in [0.25, 0.3) is 0 Å². The van der Waals surface area contributed by atoms with Crippen molar-refractivity contribution in [2.45, 2.75) is 19.1 Å². The van der Waals surface area contributed by atoms with Crippen LogP contribution in [-0.2, 0) is 18.4 Å². The minimum absolute atomic E-state index is 0.210. The average Bonchev–Trinajstić information content (AvgIpc) is 2.44. The molecule has 1 N–H and O–H groups in total. The minimum atomic E-state index is -3.41. The fraction of sp³-hybridized carbons (Fsp3) is 0.417. The van der Waals surface area contributed by atoms with Crippen LogP contribution < -0.4 is 5.32 Å². The Bertz CT molecular complexity index is 427. The minimum Gasteiger partial charge on any atom is -0.338 e. The van der Waals surface area contributed by atoms with E-state index in [1.54, 1.807) is 31.2 Å². The van der Waals surface area contributed by atoms with Crippen molar-refractivity contribution in [2.75, 3.05) is 14.2 Å². The van der Waals surface area contributed by atoms with Gasteiger partial charge in [-0.2, -0.15) is 0 Å². The molecular weight excluding hydrogens is 253 g/mol. The average molecular weight is 271 g/mol. The van der Waals surface area contributed by atoms with Crippen LogP contribution in [-0.4, -0.2) is 20.1 Å². The van der Waals surface area contributed by atoms with Gasteiger partial charge in [0, 0.05) is 20.6 Å². The van der Waals surface area contributed by atoms with Crippen LogP contribution in [0, 0.1) is 0 Å². The van der Waals surface area contributed by atoms with Crippen molar-refractivity contribution in [2.24, 2.45) is 0 Å². The second-order valence-corrected chi connectivity index (χ2v) is 5.97. The van der Waals surface area contributed by atoms with Crippen LogP contribution in [0.15, 0.2) is 30.3 Å². The first-order valence-corrected chi connectivity index (χ1v) is 7.24. The van der Waals surface area contributed by atoms with Gasteiger partial charge in [0.05, 0.1) is 0 Å². The molecule has 6 heteroatoms. The van der Waals surface area contributed by atoms with E-state index in [1.165, 1.54) is 14.2 Å². The van der Waals surface area contributed by atoms with Gasteiger partial charge in [0.1, 0.15) is 0 Å². The molecule has 0 aliphatic rings. The van der Waals surface area contributed by atoms with Gasteiger partial charge >= 0.3 is 7.60 Å². The lowest BCUT2D eigenvalue weighted by Crippen LogP contribution is -2.28. The highest BCUT2D eigenvalue weighted by atomic mass is 31.2. The predicted octanol–water partition coefficient (Wildman–Crippen LogP) is 2.70. The first kappa shape index (κ1) is 14.9. The van der Waals surface area contributed by atoms with Gasteiger partial charge in [-0.15, -0.1) is 0 Å². The van der Waals surface area contributed by atoms with E-state index in [2.05, 4.69) is 5.32 Å². The lowest BCUT2D eigenvalue weighted by atomic mass is 10.2. The molecule has 1 aromatic rings. The number of carbonyl (C=O) groups excluding carboxylic acids is 1. The normalized spacial score (nSPS) is 13.1. The SMILES string of the molecule is CCC(=O)NC(c1ccccc1)P(=O)(OC)OC. The molecule has 0 radical (unpaired) electrons. The standard InChI is InChI=1S/C12H18NO4P/c1-4-11(14)13-12(18(15,16-2)17-3)10-8-6-5-7-9-10/h5-9,12H,4H2,1-3H3,(H,13,14). The molecule has 18 heavy (non-hydrogen) atoms. The van der Waals surface area contributed by atoms with Crippen LogP contribution in [0.5, 0.6) is 0 Å². The molecule has 100 valence electrons. The van der Waals surface area contributed by atoms with Crippen LogP contribution in [0.25, 0.3) is 0 Å². The third-order valence-electron chi connectivity index (χ3n) is 2.56. The monoisotopic (exact) mass is 271 g/mol. The predicted molar refractivity (Wildman–Crippen MR) is 69.2 cm³/mol. The number of rotatable bonds is 6. The van der Waals surface area contributed by atoms with E-state index in [4.69, 9.17) is 9.05 Å². The highest BCUT2D eigenvalue weighted by Gasteiger charge is 2.36. The molecular formula is C12H18NO4P. The fourth-order valence-electron chi connectivity index (χ4n) is 1.52. The van der Waals surface area contributed by atoms with Crippen LogP contribution in [0.3, 0.4) is 0 Å². The zero-order valence-corrected chi connectivity index (χ0v) is 11.6. The van der Waals surface area contributed by atoms with E-state index in [0.29, 0.717) is 12.0 Å². The Kier molecular flexibility index (Phi) is 5.54. The van der Waals surface area contributed by atoms with E-state index < -0.39 is 13.4 Å². The first-order chi connectivity index (χ1) is 8.57. The Morgan fingerprint density at radius 3 is 2.28 bits per heavy atom. The summed E-state index contributed by atoms with van der Waals surface area (Å²) in [5.41, 5.74) is 0.686. The van der Waals surface area contributed by atoms with Crippen molar-refractivity contribution in [3.8, 4) is 0 Å². The quantitative estimate of drug-likeness (QED) is 0.808. The molecule has 0 saturated heterocycles. The van der Waals surface area contributed by atoms with Crippen molar-refractivity contribution >= 4 is 13.5 Å². The van der Waals surface area contributed by atoms with Gasteiger partial charge in [0.2, 0.25) is 5.91 Å². The van der Waals surface area contributed by atoms with Gasteiger partial charge in [-0.3, -0.25) is 9.36 Å². The number of benzene rings is 1. The maximum atomic E-state index is 12.4. The Balaban J connectivity index is 3.10. The topological polar surface area (TPSA) is 64.6 Å². The maximum absolute atomic E-state index is 12.4. The van der Waals surface area contributed by atoms with E-state index in [1.807, 2.05) is 6.07 Å². The summed E-state index contributed by atoms with van der Waals surface area (Å²) < 4.78 is 22.4. The summed E-state index contributed by atoms with van der Waals surface area (Å²) in [6.07, 6.45) is 0.302. The summed E-state index contributed by atoms with van der Waals surface area (Å²) in [5.74, 6) is -1.00. The Morgan fingerprint density at radius 2 is 1.83 bits per heavy atom. The number of carbonyl (C=O) groups is 1. The second kappa shape index (κ2) is 6.69. The Labute approximate surface area is 107 Å². The highest BCUT2D eigenvalue weighted by Crippen LogP contribution is 2.58. The molecule has 1 unspecified atom stereocenters. The zero-order valence-electron chi connectivity index (χ0n) is 10.8.